The topological polar surface area (TPSA) is 80.3 Å². The van der Waals surface area contributed by atoms with Gasteiger partial charge in [-0.3, -0.25) is 4.72 Å². The Labute approximate surface area is 117 Å². The van der Waals surface area contributed by atoms with Crippen LogP contribution in [0.2, 0.25) is 0 Å². The standard InChI is InChI=1S/C11H14ClNO4S2/c1-7-5-10(18(12,14)15)6-8(2)11(7)13-19(16,17)9-3-4-9/h5-6,9,13H,3-4H2,1-2H3. The van der Waals surface area contributed by atoms with Crippen LogP contribution in [0.1, 0.15) is 24.0 Å². The first-order valence-electron chi connectivity index (χ1n) is 5.69. The van der Waals surface area contributed by atoms with Crippen molar-refractivity contribution in [1.29, 1.82) is 0 Å². The summed E-state index contributed by atoms with van der Waals surface area (Å²) < 4.78 is 48.9. The zero-order valence-corrected chi connectivity index (χ0v) is 12.9. The minimum atomic E-state index is -3.82. The van der Waals surface area contributed by atoms with Gasteiger partial charge in [0, 0.05) is 10.7 Å². The monoisotopic (exact) mass is 323 g/mol. The molecule has 0 aliphatic heterocycles. The number of aryl methyl sites for hydroxylation is 2. The van der Waals surface area contributed by atoms with Crippen molar-refractivity contribution in [2.24, 2.45) is 0 Å². The summed E-state index contributed by atoms with van der Waals surface area (Å²) >= 11 is 0. The molecule has 8 heteroatoms. The van der Waals surface area contributed by atoms with Gasteiger partial charge in [0.15, 0.2) is 0 Å². The Hall–Kier alpha value is -0.790. The molecule has 1 N–H and O–H groups in total. The molecule has 1 saturated carbocycles. The number of hydrogen-bond acceptors (Lipinski definition) is 4. The summed E-state index contributed by atoms with van der Waals surface area (Å²) in [4.78, 5) is -0.0291. The molecular weight excluding hydrogens is 310 g/mol. The first kappa shape index (κ1) is 14.6. The van der Waals surface area contributed by atoms with Crippen molar-refractivity contribution in [2.75, 3.05) is 4.72 Å². The highest BCUT2D eigenvalue weighted by Gasteiger charge is 2.36. The molecule has 0 atom stereocenters. The quantitative estimate of drug-likeness (QED) is 0.861. The van der Waals surface area contributed by atoms with Gasteiger partial charge in [0.25, 0.3) is 9.05 Å². The molecule has 0 heterocycles. The molecule has 19 heavy (non-hydrogen) atoms. The van der Waals surface area contributed by atoms with Gasteiger partial charge in [-0.2, -0.15) is 0 Å². The minimum absolute atomic E-state index is 0.0291. The van der Waals surface area contributed by atoms with Crippen LogP contribution in [0.25, 0.3) is 0 Å². The predicted octanol–water partition coefficient (Wildman–Crippen LogP) is 2.14. The zero-order valence-electron chi connectivity index (χ0n) is 10.5. The van der Waals surface area contributed by atoms with Crippen molar-refractivity contribution in [1.82, 2.24) is 0 Å². The van der Waals surface area contributed by atoms with Gasteiger partial charge >= 0.3 is 0 Å². The molecule has 5 nitrogen and oxygen atoms in total. The average Bonchev–Trinajstić information content (AvgIpc) is 3.05. The Morgan fingerprint density at radius 1 is 1.11 bits per heavy atom. The molecule has 0 unspecified atom stereocenters. The molecule has 106 valence electrons. The molecule has 0 radical (unpaired) electrons. The minimum Gasteiger partial charge on any atom is -0.283 e. The summed E-state index contributed by atoms with van der Waals surface area (Å²) in [6, 6.07) is 2.72. The second-order valence-corrected chi connectivity index (χ2v) is 9.24. The van der Waals surface area contributed by atoms with Crippen molar-refractivity contribution in [3.63, 3.8) is 0 Å². The largest absolute Gasteiger partial charge is 0.283 e. The number of sulfonamides is 1. The molecule has 0 bridgehead atoms. The highest BCUT2D eigenvalue weighted by Crippen LogP contribution is 2.33. The molecule has 0 spiro atoms. The lowest BCUT2D eigenvalue weighted by molar-refractivity contribution is 0.599. The highest BCUT2D eigenvalue weighted by atomic mass is 35.7. The number of anilines is 1. The third-order valence-corrected chi connectivity index (χ3v) is 6.17. The molecule has 0 aromatic heterocycles. The van der Waals surface area contributed by atoms with E-state index >= 15 is 0 Å². The van der Waals surface area contributed by atoms with Crippen LogP contribution in [0.4, 0.5) is 5.69 Å². The first-order chi connectivity index (χ1) is 8.61. The van der Waals surface area contributed by atoms with E-state index in [9.17, 15) is 16.8 Å². The number of halogens is 1. The van der Waals surface area contributed by atoms with E-state index in [2.05, 4.69) is 4.72 Å². The van der Waals surface area contributed by atoms with Crippen LogP contribution in [0, 0.1) is 13.8 Å². The Balaban J connectivity index is 2.43. The molecule has 0 amide bonds. The van der Waals surface area contributed by atoms with E-state index in [4.69, 9.17) is 10.7 Å². The Bertz CT molecular complexity index is 698. The molecule has 2 rings (SSSR count). The molecular formula is C11H14ClNO4S2. The predicted molar refractivity (Wildman–Crippen MR) is 74.5 cm³/mol. The van der Waals surface area contributed by atoms with Crippen LogP contribution >= 0.6 is 10.7 Å². The van der Waals surface area contributed by atoms with E-state index in [1.165, 1.54) is 12.1 Å². The number of rotatable bonds is 4. The van der Waals surface area contributed by atoms with Crippen LogP contribution in [0.3, 0.4) is 0 Å². The van der Waals surface area contributed by atoms with E-state index in [0.717, 1.165) is 0 Å². The average molecular weight is 324 g/mol. The third kappa shape index (κ3) is 3.21. The normalized spacial score (nSPS) is 16.4. The fourth-order valence-electron chi connectivity index (χ4n) is 1.83. The number of hydrogen-bond donors (Lipinski definition) is 1. The second kappa shape index (κ2) is 4.64. The highest BCUT2D eigenvalue weighted by molar-refractivity contribution is 8.13. The zero-order chi connectivity index (χ0) is 14.4. The summed E-state index contributed by atoms with van der Waals surface area (Å²) in [6.45, 7) is 3.28. The lowest BCUT2D eigenvalue weighted by Gasteiger charge is -2.14. The Morgan fingerprint density at radius 3 is 1.95 bits per heavy atom. The van der Waals surface area contributed by atoms with Gasteiger partial charge in [0.2, 0.25) is 10.0 Å². The van der Waals surface area contributed by atoms with E-state index in [-0.39, 0.29) is 10.1 Å². The molecule has 1 aliphatic rings. The van der Waals surface area contributed by atoms with E-state index in [1.807, 2.05) is 0 Å². The van der Waals surface area contributed by atoms with Crippen molar-refractivity contribution in [3.8, 4) is 0 Å². The summed E-state index contributed by atoms with van der Waals surface area (Å²) in [6.07, 6.45) is 1.34. The molecule has 1 aromatic carbocycles. The van der Waals surface area contributed by atoms with Crippen LogP contribution in [0.5, 0.6) is 0 Å². The summed E-state index contributed by atoms with van der Waals surface area (Å²) in [5.74, 6) is 0. The van der Waals surface area contributed by atoms with Gasteiger partial charge in [-0.1, -0.05) is 0 Å². The maximum absolute atomic E-state index is 11.9. The fraction of sp³-hybridized carbons (Fsp3) is 0.455. The third-order valence-electron chi connectivity index (χ3n) is 3.00. The van der Waals surface area contributed by atoms with Crippen LogP contribution in [-0.2, 0) is 19.1 Å². The van der Waals surface area contributed by atoms with Gasteiger partial charge in [-0.15, -0.1) is 0 Å². The van der Waals surface area contributed by atoms with Gasteiger partial charge in [-0.05, 0) is 49.9 Å². The molecule has 1 aromatic rings. The van der Waals surface area contributed by atoms with E-state index in [1.54, 1.807) is 13.8 Å². The van der Waals surface area contributed by atoms with Gasteiger partial charge < -0.3 is 0 Å². The van der Waals surface area contributed by atoms with E-state index < -0.39 is 19.1 Å². The Kier molecular flexibility index (Phi) is 3.57. The van der Waals surface area contributed by atoms with Gasteiger partial charge in [0.05, 0.1) is 15.8 Å². The van der Waals surface area contributed by atoms with Crippen molar-refractivity contribution < 1.29 is 16.8 Å². The molecule has 1 aliphatic carbocycles. The van der Waals surface area contributed by atoms with Crippen LogP contribution in [-0.4, -0.2) is 22.1 Å². The van der Waals surface area contributed by atoms with Crippen molar-refractivity contribution in [3.05, 3.63) is 23.3 Å². The van der Waals surface area contributed by atoms with E-state index in [0.29, 0.717) is 29.7 Å². The Morgan fingerprint density at radius 2 is 1.58 bits per heavy atom. The summed E-state index contributed by atoms with van der Waals surface area (Å²) in [7, 11) is -1.90. The second-order valence-electron chi connectivity index (χ2n) is 4.72. The molecule has 1 fully saturated rings. The molecule has 0 saturated heterocycles. The maximum Gasteiger partial charge on any atom is 0.261 e. The maximum atomic E-state index is 11.9. The lowest BCUT2D eigenvalue weighted by atomic mass is 10.1. The van der Waals surface area contributed by atoms with Crippen molar-refractivity contribution in [2.45, 2.75) is 36.8 Å². The number of benzene rings is 1. The smallest absolute Gasteiger partial charge is 0.261 e. The SMILES string of the molecule is Cc1cc(S(=O)(=O)Cl)cc(C)c1NS(=O)(=O)C1CC1. The number of nitrogens with one attached hydrogen (secondary N) is 1. The fourth-order valence-corrected chi connectivity index (χ4v) is 4.26. The van der Waals surface area contributed by atoms with Crippen LogP contribution in [0.15, 0.2) is 17.0 Å². The van der Waals surface area contributed by atoms with Crippen LogP contribution < -0.4 is 4.72 Å². The lowest BCUT2D eigenvalue weighted by Crippen LogP contribution is -2.18. The summed E-state index contributed by atoms with van der Waals surface area (Å²) in [5.41, 5.74) is 1.49. The van der Waals surface area contributed by atoms with Gasteiger partial charge in [-0.25, -0.2) is 16.8 Å². The first-order valence-corrected chi connectivity index (χ1v) is 9.54. The van der Waals surface area contributed by atoms with Gasteiger partial charge in [0.1, 0.15) is 0 Å². The summed E-state index contributed by atoms with van der Waals surface area (Å²) in [5, 5.41) is -0.331. The van der Waals surface area contributed by atoms with Crippen molar-refractivity contribution >= 4 is 35.4 Å².